The van der Waals surface area contributed by atoms with E-state index in [9.17, 15) is 17.6 Å². The van der Waals surface area contributed by atoms with Crippen LogP contribution in [0, 0.1) is 5.82 Å². The van der Waals surface area contributed by atoms with E-state index in [2.05, 4.69) is 4.72 Å². The minimum Gasteiger partial charge on any atom is -0.381 e. The van der Waals surface area contributed by atoms with Crippen LogP contribution in [-0.4, -0.2) is 44.5 Å². The summed E-state index contributed by atoms with van der Waals surface area (Å²) in [4.78, 5) is 14.5. The summed E-state index contributed by atoms with van der Waals surface area (Å²) in [7, 11) is -2.34. The summed E-state index contributed by atoms with van der Waals surface area (Å²) in [5.41, 5.74) is 0.775. The number of methoxy groups -OCH3 is 1. The van der Waals surface area contributed by atoms with E-state index in [-0.39, 0.29) is 29.8 Å². The summed E-state index contributed by atoms with van der Waals surface area (Å²) in [5.74, 6) is -0.864. The molecule has 0 aliphatic carbocycles. The van der Waals surface area contributed by atoms with Crippen molar-refractivity contribution in [3.05, 3.63) is 59.9 Å². The molecular weight excluding hydrogens is 395 g/mol. The van der Waals surface area contributed by atoms with Gasteiger partial charge in [-0.15, -0.1) is 0 Å². The number of benzene rings is 2. The predicted molar refractivity (Wildman–Crippen MR) is 107 cm³/mol. The molecule has 29 heavy (non-hydrogen) atoms. The summed E-state index contributed by atoms with van der Waals surface area (Å²) < 4.78 is 46.5. The molecule has 6 nitrogen and oxygen atoms in total. The summed E-state index contributed by atoms with van der Waals surface area (Å²) in [6.45, 7) is 0. The van der Waals surface area contributed by atoms with Gasteiger partial charge in [-0.2, -0.15) is 0 Å². The van der Waals surface area contributed by atoms with Crippen LogP contribution in [0.2, 0.25) is 0 Å². The van der Waals surface area contributed by atoms with Crippen LogP contribution < -0.4 is 4.72 Å². The zero-order valence-electron chi connectivity index (χ0n) is 16.0. The molecule has 2 bridgehead atoms. The fourth-order valence-corrected chi connectivity index (χ4v) is 5.49. The van der Waals surface area contributed by atoms with E-state index in [0.717, 1.165) is 31.7 Å². The Morgan fingerprint density at radius 1 is 1.07 bits per heavy atom. The van der Waals surface area contributed by atoms with Crippen molar-refractivity contribution in [3.8, 4) is 0 Å². The Bertz CT molecular complexity index is 996. The summed E-state index contributed by atoms with van der Waals surface area (Å²) in [6.07, 6.45) is 3.86. The second kappa shape index (κ2) is 7.76. The molecule has 1 amide bonds. The maximum atomic E-state index is 13.8. The molecule has 2 unspecified atom stereocenters. The molecule has 1 N–H and O–H groups in total. The number of nitrogens with zero attached hydrogens (tertiary/aromatic N) is 1. The van der Waals surface area contributed by atoms with Crippen LogP contribution in [0.1, 0.15) is 36.0 Å². The Hall–Kier alpha value is -2.45. The molecule has 8 heteroatoms. The van der Waals surface area contributed by atoms with Gasteiger partial charge in [0.15, 0.2) is 0 Å². The van der Waals surface area contributed by atoms with Crippen molar-refractivity contribution in [2.24, 2.45) is 0 Å². The Labute approximate surface area is 169 Å². The summed E-state index contributed by atoms with van der Waals surface area (Å²) in [5, 5.41) is 0. The van der Waals surface area contributed by atoms with E-state index >= 15 is 0 Å². The van der Waals surface area contributed by atoms with Crippen LogP contribution in [-0.2, 0) is 14.8 Å². The van der Waals surface area contributed by atoms with Gasteiger partial charge in [0.2, 0.25) is 0 Å². The number of piperidine rings is 1. The first-order valence-corrected chi connectivity index (χ1v) is 11.1. The lowest BCUT2D eigenvalue weighted by Crippen LogP contribution is -2.48. The predicted octanol–water partition coefficient (Wildman–Crippen LogP) is 3.41. The van der Waals surface area contributed by atoms with Crippen molar-refractivity contribution in [3.63, 3.8) is 0 Å². The fraction of sp³-hybridized carbons (Fsp3) is 0.381. The highest BCUT2D eigenvalue weighted by Crippen LogP contribution is 2.37. The van der Waals surface area contributed by atoms with Crippen LogP contribution in [0.25, 0.3) is 0 Å². The molecule has 2 heterocycles. The van der Waals surface area contributed by atoms with E-state index in [1.165, 1.54) is 30.3 Å². The van der Waals surface area contributed by atoms with Gasteiger partial charge in [-0.05, 0) is 62.1 Å². The van der Waals surface area contributed by atoms with E-state index in [4.69, 9.17) is 4.74 Å². The van der Waals surface area contributed by atoms with Crippen LogP contribution in [0.4, 0.5) is 10.1 Å². The highest BCUT2D eigenvalue weighted by Gasteiger charge is 2.43. The number of hydrogen-bond acceptors (Lipinski definition) is 4. The Balaban J connectivity index is 1.49. The quantitative estimate of drug-likeness (QED) is 0.808. The molecule has 2 fully saturated rings. The molecule has 2 atom stereocenters. The number of halogens is 1. The van der Waals surface area contributed by atoms with Crippen molar-refractivity contribution in [2.45, 2.75) is 48.8 Å². The number of sulfonamides is 1. The molecule has 154 valence electrons. The second-order valence-corrected chi connectivity index (χ2v) is 9.19. The monoisotopic (exact) mass is 418 g/mol. The van der Waals surface area contributed by atoms with Crippen LogP contribution in [0.15, 0.2) is 53.4 Å². The number of anilines is 1. The van der Waals surface area contributed by atoms with Crippen LogP contribution in [0.5, 0.6) is 0 Å². The molecule has 0 radical (unpaired) electrons. The number of amides is 1. The second-order valence-electron chi connectivity index (χ2n) is 7.54. The highest BCUT2D eigenvalue weighted by atomic mass is 32.2. The zero-order valence-corrected chi connectivity index (χ0v) is 16.9. The molecule has 2 aromatic carbocycles. The van der Waals surface area contributed by atoms with Gasteiger partial charge in [-0.25, -0.2) is 12.8 Å². The molecule has 2 saturated heterocycles. The molecule has 2 aromatic rings. The highest BCUT2D eigenvalue weighted by molar-refractivity contribution is 7.92. The first kappa shape index (κ1) is 19.8. The Kier molecular flexibility index (Phi) is 5.31. The van der Waals surface area contributed by atoms with Gasteiger partial charge in [0.25, 0.3) is 15.9 Å². The standard InChI is InChI=1S/C21H23FN2O4S/c1-28-18-12-16-10-11-17(13-18)24(16)21(25)14-6-8-15(9-7-14)23-29(26,27)20-5-3-2-4-19(20)22/h2-9,16-18,23H,10-13H2,1H3. The molecule has 0 spiro atoms. The molecule has 4 rings (SSSR count). The molecule has 0 aromatic heterocycles. The maximum Gasteiger partial charge on any atom is 0.264 e. The Morgan fingerprint density at radius 3 is 2.28 bits per heavy atom. The van der Waals surface area contributed by atoms with Gasteiger partial charge in [-0.1, -0.05) is 12.1 Å². The Morgan fingerprint density at radius 2 is 1.69 bits per heavy atom. The van der Waals surface area contributed by atoms with Gasteiger partial charge in [-0.3, -0.25) is 9.52 Å². The molecule has 0 saturated carbocycles. The van der Waals surface area contributed by atoms with E-state index in [1.807, 2.05) is 4.90 Å². The lowest BCUT2D eigenvalue weighted by atomic mass is 9.98. The van der Waals surface area contributed by atoms with E-state index < -0.39 is 20.7 Å². The van der Waals surface area contributed by atoms with Gasteiger partial charge >= 0.3 is 0 Å². The van der Waals surface area contributed by atoms with Crippen LogP contribution >= 0.6 is 0 Å². The largest absolute Gasteiger partial charge is 0.381 e. The van der Waals surface area contributed by atoms with Gasteiger partial charge in [0, 0.05) is 30.4 Å². The third kappa shape index (κ3) is 3.86. The third-order valence-electron chi connectivity index (χ3n) is 5.77. The van der Waals surface area contributed by atoms with Crippen LogP contribution in [0.3, 0.4) is 0 Å². The first-order valence-electron chi connectivity index (χ1n) is 9.62. The van der Waals surface area contributed by atoms with Gasteiger partial charge in [0.05, 0.1) is 6.10 Å². The fourth-order valence-electron chi connectivity index (χ4n) is 4.35. The molecular formula is C21H23FN2O4S. The summed E-state index contributed by atoms with van der Waals surface area (Å²) in [6, 6.07) is 11.8. The number of ether oxygens (including phenoxy) is 1. The lowest BCUT2D eigenvalue weighted by Gasteiger charge is -2.38. The first-order chi connectivity index (χ1) is 13.9. The van der Waals surface area contributed by atoms with Crippen molar-refractivity contribution in [1.82, 2.24) is 4.90 Å². The molecule has 2 aliphatic rings. The molecule has 2 aliphatic heterocycles. The average molecular weight is 418 g/mol. The minimum absolute atomic E-state index is 0.0458. The third-order valence-corrected chi connectivity index (χ3v) is 7.18. The topological polar surface area (TPSA) is 75.7 Å². The van der Waals surface area contributed by atoms with Crippen molar-refractivity contribution in [1.29, 1.82) is 0 Å². The van der Waals surface area contributed by atoms with E-state index in [1.54, 1.807) is 19.2 Å². The smallest absolute Gasteiger partial charge is 0.264 e. The van der Waals surface area contributed by atoms with Crippen molar-refractivity contribution in [2.75, 3.05) is 11.8 Å². The average Bonchev–Trinajstić information content (AvgIpc) is 2.97. The maximum absolute atomic E-state index is 13.8. The number of carbonyl (C=O) groups excluding carboxylic acids is 1. The van der Waals surface area contributed by atoms with Crippen molar-refractivity contribution >= 4 is 21.6 Å². The number of fused-ring (bicyclic) bond motifs is 2. The minimum atomic E-state index is -4.05. The number of hydrogen-bond donors (Lipinski definition) is 1. The lowest BCUT2D eigenvalue weighted by molar-refractivity contribution is 0.00822. The van der Waals surface area contributed by atoms with Crippen molar-refractivity contribution < 1.29 is 22.3 Å². The zero-order chi connectivity index (χ0) is 20.6. The number of carbonyl (C=O) groups is 1. The van der Waals surface area contributed by atoms with E-state index in [0.29, 0.717) is 5.56 Å². The number of rotatable bonds is 5. The number of nitrogens with one attached hydrogen (secondary N) is 1. The normalized spacial score (nSPS) is 23.8. The van der Waals surface area contributed by atoms with Gasteiger partial charge in [0.1, 0.15) is 10.7 Å². The van der Waals surface area contributed by atoms with Gasteiger partial charge < -0.3 is 9.64 Å². The SMILES string of the molecule is COC1CC2CCC(C1)N2C(=O)c1ccc(NS(=O)(=O)c2ccccc2F)cc1. The summed E-state index contributed by atoms with van der Waals surface area (Å²) >= 11 is 0.